The Morgan fingerprint density at radius 2 is 1.34 bits per heavy atom. The molecule has 2 amide bonds. The van der Waals surface area contributed by atoms with Crippen molar-refractivity contribution in [2.24, 2.45) is 0 Å². The minimum atomic E-state index is -2.26. The lowest BCUT2D eigenvalue weighted by molar-refractivity contribution is -0.140. The number of rotatable bonds is 19. The Kier molecular flexibility index (Phi) is 16.6. The van der Waals surface area contributed by atoms with Crippen molar-refractivity contribution in [3.8, 4) is 0 Å². The second-order valence-corrected chi connectivity index (χ2v) is 12.0. The minimum Gasteiger partial charge on any atom is -0.462 e. The van der Waals surface area contributed by atoms with Crippen molar-refractivity contribution in [3.63, 3.8) is 0 Å². The van der Waals surface area contributed by atoms with Crippen LogP contribution in [0.5, 0.6) is 0 Å². The summed E-state index contributed by atoms with van der Waals surface area (Å²) in [4.78, 5) is 49.3. The van der Waals surface area contributed by atoms with Gasteiger partial charge in [-0.2, -0.15) is 0 Å². The highest BCUT2D eigenvalue weighted by Gasteiger charge is 2.28. The molecule has 0 aromatic heterocycles. The summed E-state index contributed by atoms with van der Waals surface area (Å²) < 4.78 is 21.0. The van der Waals surface area contributed by atoms with E-state index in [2.05, 4.69) is 18.5 Å². The Morgan fingerprint density at radius 1 is 0.829 bits per heavy atom. The molecule has 0 heterocycles. The van der Waals surface area contributed by atoms with Crippen molar-refractivity contribution in [1.82, 2.24) is 10.2 Å². The molecule has 35 heavy (non-hydrogen) atoms. The van der Waals surface area contributed by atoms with Crippen LogP contribution in [0.25, 0.3) is 0 Å². The van der Waals surface area contributed by atoms with Crippen LogP contribution in [0.15, 0.2) is 24.3 Å². The van der Waals surface area contributed by atoms with E-state index in [0.29, 0.717) is 62.4 Å². The van der Waals surface area contributed by atoms with Gasteiger partial charge in [0, 0.05) is 51.3 Å². The number of ketones is 1. The number of hydrogen-bond acceptors (Lipinski definition) is 8. The van der Waals surface area contributed by atoms with Crippen LogP contribution in [-0.2, 0) is 32.7 Å². The first kappa shape index (κ1) is 32.5. The smallest absolute Gasteiger partial charge is 0.334 e. The zero-order valence-electron chi connectivity index (χ0n) is 21.9. The summed E-state index contributed by atoms with van der Waals surface area (Å²) in [7, 11) is 0.989. The number of esters is 2. The number of urea groups is 1. The fourth-order valence-electron chi connectivity index (χ4n) is 2.88. The number of nitrogens with zero attached hydrogens (tertiary/aromatic N) is 1. The Balaban J connectivity index is 4.60. The van der Waals surface area contributed by atoms with Gasteiger partial charge in [-0.25, -0.2) is 14.4 Å². The summed E-state index contributed by atoms with van der Waals surface area (Å²) in [6.45, 7) is 13.3. The van der Waals surface area contributed by atoms with Crippen LogP contribution in [0.2, 0.25) is 12.6 Å². The monoisotopic (exact) mass is 514 g/mol. The highest BCUT2D eigenvalue weighted by molar-refractivity contribution is 6.65. The molecular formula is C24H42N2O8Si. The first-order valence-corrected chi connectivity index (χ1v) is 14.3. The van der Waals surface area contributed by atoms with Gasteiger partial charge in [0.15, 0.2) is 0 Å². The molecule has 0 saturated carbocycles. The molecule has 0 spiro atoms. The standard InChI is InChI=1S/C24H42N2O8Si/c1-19(2)22(28)33-16-9-12-21(27)11-8-14-26(15-10-18-35(7,31-5)32-6)24(30)25-13-17-34-23(29)20(3)4/h1,3,8-18H2,2,4-7H3,(H,25,30). The van der Waals surface area contributed by atoms with E-state index in [0.717, 1.165) is 0 Å². The normalized spacial score (nSPS) is 10.9. The molecule has 1 N–H and O–H groups in total. The van der Waals surface area contributed by atoms with Gasteiger partial charge in [-0.3, -0.25) is 4.79 Å². The van der Waals surface area contributed by atoms with Crippen molar-refractivity contribution >= 4 is 32.3 Å². The molecule has 0 bridgehead atoms. The zero-order valence-corrected chi connectivity index (χ0v) is 22.9. The van der Waals surface area contributed by atoms with Crippen molar-refractivity contribution in [2.45, 2.75) is 58.5 Å². The van der Waals surface area contributed by atoms with Crippen LogP contribution in [0.1, 0.15) is 46.0 Å². The quantitative estimate of drug-likeness (QED) is 0.121. The lowest BCUT2D eigenvalue weighted by atomic mass is 10.1. The molecule has 0 atom stereocenters. The summed E-state index contributed by atoms with van der Waals surface area (Å²) in [5, 5.41) is 2.74. The molecule has 0 saturated heterocycles. The van der Waals surface area contributed by atoms with Crippen LogP contribution < -0.4 is 5.32 Å². The van der Waals surface area contributed by atoms with Crippen LogP contribution >= 0.6 is 0 Å². The lowest BCUT2D eigenvalue weighted by Gasteiger charge is -2.26. The van der Waals surface area contributed by atoms with E-state index in [1.54, 1.807) is 33.0 Å². The van der Waals surface area contributed by atoms with Crippen molar-refractivity contribution in [2.75, 3.05) is 47.1 Å². The summed E-state index contributed by atoms with van der Waals surface area (Å²) in [5.74, 6) is -0.927. The SMILES string of the molecule is C=C(C)C(=O)OCCCC(=O)CCCN(CCC[Si](C)(OC)OC)C(=O)NCCOC(=O)C(=C)C. The van der Waals surface area contributed by atoms with Gasteiger partial charge in [0.2, 0.25) is 0 Å². The van der Waals surface area contributed by atoms with E-state index < -0.39 is 20.5 Å². The molecule has 11 heteroatoms. The second kappa shape index (κ2) is 17.9. The number of carbonyl (C=O) groups is 4. The molecule has 0 aliphatic heterocycles. The van der Waals surface area contributed by atoms with E-state index in [1.807, 2.05) is 6.55 Å². The van der Waals surface area contributed by atoms with Crippen molar-refractivity contribution in [1.29, 1.82) is 0 Å². The number of nitrogens with one attached hydrogen (secondary N) is 1. The van der Waals surface area contributed by atoms with Gasteiger partial charge in [0.1, 0.15) is 12.4 Å². The van der Waals surface area contributed by atoms with Gasteiger partial charge in [0.05, 0.1) is 13.2 Å². The molecule has 200 valence electrons. The fraction of sp³-hybridized carbons (Fsp3) is 0.667. The van der Waals surface area contributed by atoms with Crippen LogP contribution in [0.4, 0.5) is 4.79 Å². The van der Waals surface area contributed by atoms with E-state index in [-0.39, 0.29) is 31.6 Å². The van der Waals surface area contributed by atoms with Crippen LogP contribution in [0, 0.1) is 0 Å². The summed E-state index contributed by atoms with van der Waals surface area (Å²) in [6.07, 6.45) is 2.25. The largest absolute Gasteiger partial charge is 0.462 e. The van der Waals surface area contributed by atoms with Crippen LogP contribution in [0.3, 0.4) is 0 Å². The van der Waals surface area contributed by atoms with E-state index in [1.165, 1.54) is 0 Å². The van der Waals surface area contributed by atoms with Gasteiger partial charge in [-0.05, 0) is 45.7 Å². The van der Waals surface area contributed by atoms with Gasteiger partial charge < -0.3 is 28.5 Å². The average molecular weight is 515 g/mol. The molecule has 0 unspecified atom stereocenters. The first-order chi connectivity index (χ1) is 16.5. The molecular weight excluding hydrogens is 472 g/mol. The molecule has 0 aliphatic rings. The highest BCUT2D eigenvalue weighted by atomic mass is 28.4. The Hall–Kier alpha value is -2.50. The summed E-state index contributed by atoms with van der Waals surface area (Å²) >= 11 is 0. The predicted molar refractivity (Wildman–Crippen MR) is 135 cm³/mol. The summed E-state index contributed by atoms with van der Waals surface area (Å²) in [5.41, 5.74) is 0.614. The molecule has 0 rings (SSSR count). The second-order valence-electron chi connectivity index (χ2n) is 8.44. The number of hydrogen-bond donors (Lipinski definition) is 1. The van der Waals surface area contributed by atoms with Crippen molar-refractivity contribution < 1.29 is 37.5 Å². The molecule has 0 radical (unpaired) electrons. The maximum atomic E-state index is 12.7. The maximum absolute atomic E-state index is 12.7. The van der Waals surface area contributed by atoms with Crippen molar-refractivity contribution in [3.05, 3.63) is 24.3 Å². The first-order valence-electron chi connectivity index (χ1n) is 11.8. The number of Topliss-reactive ketones (excluding diaryl/α,β-unsaturated/α-hetero) is 1. The Labute approximate surface area is 210 Å². The van der Waals surface area contributed by atoms with E-state index in [4.69, 9.17) is 18.3 Å². The van der Waals surface area contributed by atoms with Gasteiger partial charge >= 0.3 is 26.5 Å². The molecule has 0 aromatic rings. The number of carbonyl (C=O) groups excluding carboxylic acids is 4. The van der Waals surface area contributed by atoms with E-state index in [9.17, 15) is 19.2 Å². The Morgan fingerprint density at radius 3 is 1.89 bits per heavy atom. The average Bonchev–Trinajstić information content (AvgIpc) is 2.82. The third kappa shape index (κ3) is 15.2. The van der Waals surface area contributed by atoms with E-state index >= 15 is 0 Å². The van der Waals surface area contributed by atoms with Gasteiger partial charge in [0.25, 0.3) is 0 Å². The maximum Gasteiger partial charge on any atom is 0.334 e. The molecule has 10 nitrogen and oxygen atoms in total. The Bertz CT molecular complexity index is 737. The lowest BCUT2D eigenvalue weighted by Crippen LogP contribution is -2.43. The third-order valence-electron chi connectivity index (χ3n) is 5.23. The summed E-state index contributed by atoms with van der Waals surface area (Å²) in [6, 6.07) is 0.413. The topological polar surface area (TPSA) is 120 Å². The van der Waals surface area contributed by atoms with Crippen LogP contribution in [-0.4, -0.2) is 84.3 Å². The number of ether oxygens (including phenoxy) is 2. The number of amides is 2. The molecule has 0 fully saturated rings. The minimum absolute atomic E-state index is 0.0397. The molecule has 0 aromatic carbocycles. The zero-order chi connectivity index (χ0) is 26.9. The highest BCUT2D eigenvalue weighted by Crippen LogP contribution is 2.14. The van der Waals surface area contributed by atoms with Gasteiger partial charge in [-0.15, -0.1) is 0 Å². The van der Waals surface area contributed by atoms with Gasteiger partial charge in [-0.1, -0.05) is 13.2 Å². The predicted octanol–water partition coefficient (Wildman–Crippen LogP) is 3.12. The third-order valence-corrected chi connectivity index (χ3v) is 8.22. The fourth-order valence-corrected chi connectivity index (χ4v) is 4.25. The molecule has 0 aliphatic carbocycles.